The summed E-state index contributed by atoms with van der Waals surface area (Å²) < 4.78 is 0. The van der Waals surface area contributed by atoms with Gasteiger partial charge in [-0.25, -0.2) is 0 Å². The molecule has 3 aromatic rings. The fourth-order valence-electron chi connectivity index (χ4n) is 2.57. The van der Waals surface area contributed by atoms with E-state index in [-0.39, 0.29) is 5.41 Å². The Balaban J connectivity index is 1.94. The average molecular weight is 285 g/mol. The summed E-state index contributed by atoms with van der Waals surface area (Å²) in [6.45, 7) is 6.72. The summed E-state index contributed by atoms with van der Waals surface area (Å²) in [5.74, 6) is 0. The van der Waals surface area contributed by atoms with Gasteiger partial charge in [-0.15, -0.1) is 0 Å². The molecule has 3 rings (SSSR count). The van der Waals surface area contributed by atoms with Gasteiger partial charge < -0.3 is 0 Å². The van der Waals surface area contributed by atoms with Crippen LogP contribution in [0, 0.1) is 6.07 Å². The van der Waals surface area contributed by atoms with Gasteiger partial charge in [-0.2, -0.15) is 0 Å². The topological polar surface area (TPSA) is 0 Å². The first-order valence-corrected chi connectivity index (χ1v) is 7.72. The Kier molecular flexibility index (Phi) is 3.85. The van der Waals surface area contributed by atoms with Crippen molar-refractivity contribution < 1.29 is 0 Å². The molecule has 0 heterocycles. The van der Waals surface area contributed by atoms with Crippen LogP contribution in [0.4, 0.5) is 0 Å². The van der Waals surface area contributed by atoms with Crippen molar-refractivity contribution in [1.29, 1.82) is 0 Å². The van der Waals surface area contributed by atoms with Gasteiger partial charge in [0.05, 0.1) is 0 Å². The lowest BCUT2D eigenvalue weighted by Crippen LogP contribution is -2.10. The van der Waals surface area contributed by atoms with Gasteiger partial charge in [0.25, 0.3) is 0 Å². The normalized spacial score (nSPS) is 11.4. The van der Waals surface area contributed by atoms with Crippen LogP contribution in [0.1, 0.15) is 26.3 Å². The van der Waals surface area contributed by atoms with Gasteiger partial charge in [-0.3, -0.25) is 0 Å². The zero-order chi connectivity index (χ0) is 15.6. The van der Waals surface area contributed by atoms with Crippen molar-refractivity contribution in [2.45, 2.75) is 26.2 Å². The molecule has 0 bridgehead atoms. The van der Waals surface area contributed by atoms with Crippen molar-refractivity contribution in [3.63, 3.8) is 0 Å². The first kappa shape index (κ1) is 14.6. The van der Waals surface area contributed by atoms with Gasteiger partial charge in [0.1, 0.15) is 0 Å². The first-order valence-electron chi connectivity index (χ1n) is 7.72. The fourth-order valence-corrected chi connectivity index (χ4v) is 2.57. The van der Waals surface area contributed by atoms with Gasteiger partial charge in [0.2, 0.25) is 0 Å². The van der Waals surface area contributed by atoms with Gasteiger partial charge in [0, 0.05) is 0 Å². The lowest BCUT2D eigenvalue weighted by Gasteiger charge is -2.19. The standard InChI is InChI=1S/C22H21/c1-22(2,3)21-11-7-10-20(16-21)19-14-12-18(13-15-19)17-8-5-4-6-9-17/h4-9,11-16H,1-3H3. The van der Waals surface area contributed by atoms with Crippen molar-refractivity contribution in [3.8, 4) is 22.3 Å². The number of rotatable bonds is 2. The second kappa shape index (κ2) is 5.81. The monoisotopic (exact) mass is 285 g/mol. The van der Waals surface area contributed by atoms with Crippen molar-refractivity contribution in [1.82, 2.24) is 0 Å². The summed E-state index contributed by atoms with van der Waals surface area (Å²) in [7, 11) is 0. The van der Waals surface area contributed by atoms with Crippen LogP contribution < -0.4 is 0 Å². The molecule has 0 saturated heterocycles. The third-order valence-electron chi connectivity index (χ3n) is 3.97. The van der Waals surface area contributed by atoms with E-state index in [0.29, 0.717) is 0 Å². The third-order valence-corrected chi connectivity index (χ3v) is 3.97. The molecule has 22 heavy (non-hydrogen) atoms. The minimum Gasteiger partial charge on any atom is -0.0622 e. The number of hydrogen-bond acceptors (Lipinski definition) is 0. The summed E-state index contributed by atoms with van der Waals surface area (Å²) in [5.41, 5.74) is 6.37. The first-order chi connectivity index (χ1) is 10.5. The highest BCUT2D eigenvalue weighted by Gasteiger charge is 2.14. The average Bonchev–Trinajstić information content (AvgIpc) is 2.55. The summed E-state index contributed by atoms with van der Waals surface area (Å²) in [6, 6.07) is 29.0. The van der Waals surface area contributed by atoms with Crippen LogP contribution in [-0.4, -0.2) is 0 Å². The highest BCUT2D eigenvalue weighted by molar-refractivity contribution is 5.70. The predicted molar refractivity (Wildman–Crippen MR) is 94.9 cm³/mol. The van der Waals surface area contributed by atoms with Crippen LogP contribution in [-0.2, 0) is 5.41 Å². The Bertz CT molecular complexity index is 744. The van der Waals surface area contributed by atoms with Crippen LogP contribution in [0.5, 0.6) is 0 Å². The second-order valence-electron chi connectivity index (χ2n) is 6.68. The zero-order valence-corrected chi connectivity index (χ0v) is 13.4. The molecule has 0 atom stereocenters. The molecular formula is C22H21. The molecule has 0 amide bonds. The van der Waals surface area contributed by atoms with E-state index in [2.05, 4.69) is 87.5 Å². The van der Waals surface area contributed by atoms with Crippen molar-refractivity contribution in [3.05, 3.63) is 84.4 Å². The molecule has 0 spiro atoms. The van der Waals surface area contributed by atoms with Gasteiger partial charge in [-0.1, -0.05) is 93.6 Å². The SMILES string of the molecule is CC(C)(C)c1cc[c]c(-c2ccc(-c3ccccc3)cc2)c1. The van der Waals surface area contributed by atoms with Gasteiger partial charge in [0.15, 0.2) is 0 Å². The second-order valence-corrected chi connectivity index (χ2v) is 6.68. The quantitative estimate of drug-likeness (QED) is 0.532. The summed E-state index contributed by atoms with van der Waals surface area (Å²) in [6.07, 6.45) is 0. The largest absolute Gasteiger partial charge is 0.0622 e. The van der Waals surface area contributed by atoms with E-state index in [1.807, 2.05) is 12.1 Å². The molecule has 109 valence electrons. The molecular weight excluding hydrogens is 264 g/mol. The van der Waals surface area contributed by atoms with E-state index in [1.165, 1.54) is 22.3 Å². The molecule has 1 radical (unpaired) electrons. The highest BCUT2D eigenvalue weighted by atomic mass is 14.2. The Morgan fingerprint density at radius 1 is 0.682 bits per heavy atom. The molecule has 0 aliphatic rings. The highest BCUT2D eigenvalue weighted by Crippen LogP contribution is 2.28. The van der Waals surface area contributed by atoms with Crippen LogP contribution >= 0.6 is 0 Å². The molecule has 3 aromatic carbocycles. The van der Waals surface area contributed by atoms with Crippen LogP contribution in [0.25, 0.3) is 22.3 Å². The van der Waals surface area contributed by atoms with Crippen molar-refractivity contribution >= 4 is 0 Å². The molecule has 0 aliphatic carbocycles. The molecule has 0 fully saturated rings. The molecule has 0 aliphatic heterocycles. The molecule has 0 heteroatoms. The third kappa shape index (κ3) is 3.12. The lowest BCUT2D eigenvalue weighted by molar-refractivity contribution is 0.590. The maximum absolute atomic E-state index is 3.36. The molecule has 0 aromatic heterocycles. The molecule has 0 N–H and O–H groups in total. The van der Waals surface area contributed by atoms with E-state index < -0.39 is 0 Å². The Labute approximate surface area is 133 Å². The van der Waals surface area contributed by atoms with Gasteiger partial charge >= 0.3 is 0 Å². The molecule has 0 unspecified atom stereocenters. The van der Waals surface area contributed by atoms with Crippen molar-refractivity contribution in [2.24, 2.45) is 0 Å². The minimum atomic E-state index is 0.161. The lowest BCUT2D eigenvalue weighted by atomic mass is 9.85. The van der Waals surface area contributed by atoms with E-state index in [0.717, 1.165) is 5.56 Å². The fraction of sp³-hybridized carbons (Fsp3) is 0.182. The Morgan fingerprint density at radius 2 is 1.27 bits per heavy atom. The smallest absolute Gasteiger partial charge is 0.00990 e. The summed E-state index contributed by atoms with van der Waals surface area (Å²) in [5, 5.41) is 0. The maximum Gasteiger partial charge on any atom is -0.00990 e. The van der Waals surface area contributed by atoms with E-state index in [9.17, 15) is 0 Å². The maximum atomic E-state index is 3.36. The van der Waals surface area contributed by atoms with E-state index in [4.69, 9.17) is 0 Å². The van der Waals surface area contributed by atoms with Gasteiger partial charge in [-0.05, 0) is 39.3 Å². The van der Waals surface area contributed by atoms with Crippen molar-refractivity contribution in [2.75, 3.05) is 0 Å². The van der Waals surface area contributed by atoms with Crippen LogP contribution in [0.15, 0.2) is 72.8 Å². The predicted octanol–water partition coefficient (Wildman–Crippen LogP) is 6.12. The Hall–Kier alpha value is -2.34. The minimum absolute atomic E-state index is 0.161. The number of benzene rings is 3. The van der Waals surface area contributed by atoms with E-state index >= 15 is 0 Å². The summed E-state index contributed by atoms with van der Waals surface area (Å²) >= 11 is 0. The Morgan fingerprint density at radius 3 is 1.91 bits per heavy atom. The van der Waals surface area contributed by atoms with Crippen LogP contribution in [0.3, 0.4) is 0 Å². The molecule has 0 saturated carbocycles. The van der Waals surface area contributed by atoms with E-state index in [1.54, 1.807) is 0 Å². The summed E-state index contributed by atoms with van der Waals surface area (Å²) in [4.78, 5) is 0. The number of hydrogen-bond donors (Lipinski definition) is 0. The zero-order valence-electron chi connectivity index (χ0n) is 13.4. The van der Waals surface area contributed by atoms with Crippen LogP contribution in [0.2, 0.25) is 0 Å². The molecule has 0 nitrogen and oxygen atoms in total.